The van der Waals surface area contributed by atoms with Crippen molar-refractivity contribution < 1.29 is 14.3 Å². The lowest BCUT2D eigenvalue weighted by atomic mass is 9.92. The molecule has 1 amide bonds. The Balaban J connectivity index is 1.52. The molecule has 36 heavy (non-hydrogen) atoms. The third-order valence-electron chi connectivity index (χ3n) is 6.90. The maximum Gasteiger partial charge on any atom is 0.407 e. The van der Waals surface area contributed by atoms with E-state index >= 15 is 0 Å². The zero-order valence-corrected chi connectivity index (χ0v) is 20.8. The van der Waals surface area contributed by atoms with E-state index in [1.54, 1.807) is 30.3 Å². The van der Waals surface area contributed by atoms with Crippen LogP contribution >= 0.6 is 11.6 Å². The Labute approximate surface area is 212 Å². The largest absolute Gasteiger partial charge is 0.465 e. The van der Waals surface area contributed by atoms with Crippen LogP contribution in [0.15, 0.2) is 42.7 Å². The van der Waals surface area contributed by atoms with Gasteiger partial charge in [-0.15, -0.1) is 0 Å². The Morgan fingerprint density at radius 3 is 2.64 bits per heavy atom. The van der Waals surface area contributed by atoms with E-state index in [-0.39, 0.29) is 11.4 Å². The van der Waals surface area contributed by atoms with E-state index in [1.807, 2.05) is 0 Å². The second-order valence-corrected chi connectivity index (χ2v) is 10.1. The van der Waals surface area contributed by atoms with Crippen molar-refractivity contribution in [1.29, 1.82) is 0 Å². The first kappa shape index (κ1) is 24.1. The molecule has 0 unspecified atom stereocenters. The second-order valence-electron chi connectivity index (χ2n) is 9.65. The number of nitrogen functional groups attached to an aromatic ring is 1. The SMILES string of the molecule is CC(C)(Cc1ncnc2cc(-c3nc(N)cc4cccc(F)c34)c(Cl)cc12)N1CCN(C(=O)O)CC1. The number of aromatic nitrogens is 3. The van der Waals surface area contributed by atoms with Crippen molar-refractivity contribution in [2.45, 2.75) is 25.8 Å². The molecule has 0 bridgehead atoms. The molecule has 1 aliphatic heterocycles. The van der Waals surface area contributed by atoms with Gasteiger partial charge in [-0.05, 0) is 43.5 Å². The Morgan fingerprint density at radius 1 is 1.17 bits per heavy atom. The smallest absolute Gasteiger partial charge is 0.407 e. The lowest BCUT2D eigenvalue weighted by Crippen LogP contribution is -2.56. The number of amides is 1. The van der Waals surface area contributed by atoms with Gasteiger partial charge in [0.25, 0.3) is 0 Å². The van der Waals surface area contributed by atoms with Crippen LogP contribution in [0.3, 0.4) is 0 Å². The second kappa shape index (κ2) is 9.15. The number of hydrogen-bond acceptors (Lipinski definition) is 6. The molecule has 2 aromatic carbocycles. The van der Waals surface area contributed by atoms with Gasteiger partial charge in [-0.2, -0.15) is 0 Å². The monoisotopic (exact) mass is 508 g/mol. The number of anilines is 1. The zero-order chi connectivity index (χ0) is 25.6. The summed E-state index contributed by atoms with van der Waals surface area (Å²) in [5.41, 5.74) is 8.15. The van der Waals surface area contributed by atoms with Gasteiger partial charge in [0, 0.05) is 54.5 Å². The minimum absolute atomic E-state index is 0.271. The fourth-order valence-electron chi connectivity index (χ4n) is 4.96. The normalized spacial score (nSPS) is 15.1. The van der Waals surface area contributed by atoms with Crippen molar-refractivity contribution in [3.05, 3.63) is 59.3 Å². The fourth-order valence-corrected chi connectivity index (χ4v) is 5.21. The Morgan fingerprint density at radius 2 is 1.92 bits per heavy atom. The van der Waals surface area contributed by atoms with E-state index < -0.39 is 11.9 Å². The minimum Gasteiger partial charge on any atom is -0.465 e. The van der Waals surface area contributed by atoms with Crippen molar-refractivity contribution >= 4 is 45.2 Å². The highest BCUT2D eigenvalue weighted by molar-refractivity contribution is 6.34. The van der Waals surface area contributed by atoms with Gasteiger partial charge >= 0.3 is 6.09 Å². The molecule has 1 fully saturated rings. The molecule has 186 valence electrons. The number of nitrogens with zero attached hydrogens (tertiary/aromatic N) is 5. The van der Waals surface area contributed by atoms with Crippen LogP contribution in [0.1, 0.15) is 19.5 Å². The van der Waals surface area contributed by atoms with Gasteiger partial charge in [-0.3, -0.25) is 4.90 Å². The van der Waals surface area contributed by atoms with Crippen LogP contribution in [0.2, 0.25) is 5.02 Å². The molecule has 0 radical (unpaired) electrons. The number of halogens is 2. The summed E-state index contributed by atoms with van der Waals surface area (Å²) in [4.78, 5) is 28.4. The van der Waals surface area contributed by atoms with E-state index in [0.29, 0.717) is 65.2 Å². The number of carbonyl (C=O) groups is 1. The molecular weight excluding hydrogens is 483 g/mol. The van der Waals surface area contributed by atoms with Crippen molar-refractivity contribution in [3.63, 3.8) is 0 Å². The number of carboxylic acid groups (broad SMARTS) is 1. The Bertz CT molecular complexity index is 1490. The number of nitrogens with two attached hydrogens (primary N) is 1. The molecule has 10 heteroatoms. The molecule has 3 heterocycles. The summed E-state index contributed by atoms with van der Waals surface area (Å²) >= 11 is 6.75. The van der Waals surface area contributed by atoms with Gasteiger partial charge in [0.2, 0.25) is 0 Å². The van der Waals surface area contributed by atoms with Gasteiger partial charge in [0.05, 0.1) is 21.9 Å². The molecule has 8 nitrogen and oxygen atoms in total. The number of piperazine rings is 1. The van der Waals surface area contributed by atoms with Gasteiger partial charge in [0.1, 0.15) is 18.0 Å². The number of fused-ring (bicyclic) bond motifs is 2. The number of pyridine rings is 1. The summed E-state index contributed by atoms with van der Waals surface area (Å²) in [5, 5.41) is 11.4. The van der Waals surface area contributed by atoms with Crippen LogP contribution in [0.25, 0.3) is 32.9 Å². The number of rotatable bonds is 4. The van der Waals surface area contributed by atoms with Gasteiger partial charge in [-0.25, -0.2) is 24.1 Å². The highest BCUT2D eigenvalue weighted by atomic mass is 35.5. The summed E-state index contributed by atoms with van der Waals surface area (Å²) in [7, 11) is 0. The van der Waals surface area contributed by atoms with Crippen molar-refractivity contribution in [2.75, 3.05) is 31.9 Å². The lowest BCUT2D eigenvalue weighted by molar-refractivity contribution is 0.0512. The first-order valence-electron chi connectivity index (χ1n) is 11.7. The first-order chi connectivity index (χ1) is 17.1. The van der Waals surface area contributed by atoms with Crippen LogP contribution in [-0.4, -0.2) is 67.7 Å². The molecule has 1 aliphatic rings. The van der Waals surface area contributed by atoms with Crippen LogP contribution in [-0.2, 0) is 6.42 Å². The van der Waals surface area contributed by atoms with E-state index in [0.717, 1.165) is 11.1 Å². The topological polar surface area (TPSA) is 108 Å². The predicted molar refractivity (Wildman–Crippen MR) is 139 cm³/mol. The number of benzene rings is 2. The summed E-state index contributed by atoms with van der Waals surface area (Å²) < 4.78 is 14.8. The van der Waals surface area contributed by atoms with Gasteiger partial charge < -0.3 is 15.7 Å². The first-order valence-corrected chi connectivity index (χ1v) is 12.0. The minimum atomic E-state index is -0.887. The highest BCUT2D eigenvalue weighted by Gasteiger charge is 2.32. The van der Waals surface area contributed by atoms with Crippen LogP contribution in [0, 0.1) is 5.82 Å². The van der Waals surface area contributed by atoms with Crippen LogP contribution in [0.5, 0.6) is 0 Å². The van der Waals surface area contributed by atoms with E-state index in [9.17, 15) is 14.3 Å². The molecular formula is C26H26ClFN6O2. The average Bonchev–Trinajstić information content (AvgIpc) is 2.83. The van der Waals surface area contributed by atoms with Crippen molar-refractivity contribution in [3.8, 4) is 11.3 Å². The molecule has 3 N–H and O–H groups in total. The molecule has 0 saturated carbocycles. The van der Waals surface area contributed by atoms with Crippen molar-refractivity contribution in [1.82, 2.24) is 24.8 Å². The van der Waals surface area contributed by atoms with Gasteiger partial charge in [-0.1, -0.05) is 23.7 Å². The summed E-state index contributed by atoms with van der Waals surface area (Å²) in [6.07, 6.45) is 1.24. The quantitative estimate of drug-likeness (QED) is 0.406. The molecule has 5 rings (SSSR count). The molecule has 0 spiro atoms. The van der Waals surface area contributed by atoms with E-state index in [2.05, 4.69) is 33.7 Å². The van der Waals surface area contributed by atoms with E-state index in [1.165, 1.54) is 17.3 Å². The van der Waals surface area contributed by atoms with Crippen LogP contribution in [0.4, 0.5) is 15.0 Å². The zero-order valence-electron chi connectivity index (χ0n) is 20.0. The van der Waals surface area contributed by atoms with Gasteiger partial charge in [0.15, 0.2) is 0 Å². The third-order valence-corrected chi connectivity index (χ3v) is 7.21. The summed E-state index contributed by atoms with van der Waals surface area (Å²) in [6.45, 7) is 6.48. The average molecular weight is 509 g/mol. The molecule has 2 aromatic heterocycles. The highest BCUT2D eigenvalue weighted by Crippen LogP contribution is 2.37. The molecule has 0 aliphatic carbocycles. The fraction of sp³-hybridized carbons (Fsp3) is 0.308. The third kappa shape index (κ3) is 4.40. The standard InChI is InChI=1S/C26H26ClFN6O2/c1-26(2,34-8-6-33(7-9-34)25(35)36)13-21-17-11-18(27)16(12-20(17)30-14-31-21)24-23-15(10-22(29)32-24)4-3-5-19(23)28/h3-5,10-12,14H,6-9,13H2,1-2H3,(H2,29,32)(H,35,36). The maximum absolute atomic E-state index is 14.8. The lowest BCUT2D eigenvalue weighted by Gasteiger charge is -2.43. The molecule has 4 aromatic rings. The molecule has 1 saturated heterocycles. The Kier molecular flexibility index (Phi) is 6.13. The van der Waals surface area contributed by atoms with Crippen molar-refractivity contribution in [2.24, 2.45) is 0 Å². The van der Waals surface area contributed by atoms with E-state index in [4.69, 9.17) is 17.3 Å². The number of hydrogen-bond donors (Lipinski definition) is 2. The maximum atomic E-state index is 14.8. The predicted octanol–water partition coefficient (Wildman–Crippen LogP) is 4.84. The summed E-state index contributed by atoms with van der Waals surface area (Å²) in [6, 6.07) is 10.0. The Hall–Kier alpha value is -3.56. The summed E-state index contributed by atoms with van der Waals surface area (Å²) in [5.74, 6) is -0.133. The van der Waals surface area contributed by atoms with Crippen LogP contribution < -0.4 is 5.73 Å². The molecule has 0 atom stereocenters.